The fourth-order valence-corrected chi connectivity index (χ4v) is 2.15. The van der Waals surface area contributed by atoms with Crippen molar-refractivity contribution in [3.63, 3.8) is 0 Å². The Hall–Kier alpha value is -0.940. The predicted octanol–water partition coefficient (Wildman–Crippen LogP) is 1.02. The van der Waals surface area contributed by atoms with Crippen LogP contribution in [0.15, 0.2) is 30.3 Å². The molecule has 4 nitrogen and oxygen atoms in total. The van der Waals surface area contributed by atoms with Gasteiger partial charge in [0.05, 0.1) is 13.2 Å². The molecule has 1 rings (SSSR count). The molecule has 0 fully saturated rings. The average Bonchev–Trinajstić information content (AvgIpc) is 2.42. The smallest absolute Gasteiger partial charge is 0.0589 e. The molecule has 0 radical (unpaired) electrons. The van der Waals surface area contributed by atoms with E-state index in [2.05, 4.69) is 17.0 Å². The van der Waals surface area contributed by atoms with Crippen molar-refractivity contribution in [1.82, 2.24) is 4.90 Å². The van der Waals surface area contributed by atoms with E-state index in [-0.39, 0.29) is 12.6 Å². The van der Waals surface area contributed by atoms with Crippen LogP contribution in [0, 0.1) is 0 Å². The van der Waals surface area contributed by atoms with Gasteiger partial charge in [-0.25, -0.2) is 0 Å². The van der Waals surface area contributed by atoms with Crippen molar-refractivity contribution in [2.75, 3.05) is 40.0 Å². The molecule has 102 valence electrons. The highest BCUT2D eigenvalue weighted by Crippen LogP contribution is 2.23. The van der Waals surface area contributed by atoms with Crippen LogP contribution >= 0.6 is 0 Å². The van der Waals surface area contributed by atoms with Gasteiger partial charge >= 0.3 is 0 Å². The van der Waals surface area contributed by atoms with Crippen molar-refractivity contribution < 1.29 is 9.84 Å². The third-order valence-electron chi connectivity index (χ3n) is 3.04. The Morgan fingerprint density at radius 2 is 2.00 bits per heavy atom. The summed E-state index contributed by atoms with van der Waals surface area (Å²) in [5, 5.41) is 9.19. The number of hydrogen-bond donors (Lipinski definition) is 2. The summed E-state index contributed by atoms with van der Waals surface area (Å²) < 4.78 is 5.13. The summed E-state index contributed by atoms with van der Waals surface area (Å²) in [5.41, 5.74) is 6.95. The molecule has 1 unspecified atom stereocenters. The van der Waals surface area contributed by atoms with Gasteiger partial charge in [-0.15, -0.1) is 0 Å². The zero-order valence-electron chi connectivity index (χ0n) is 11.1. The Morgan fingerprint density at radius 3 is 2.56 bits per heavy atom. The fraction of sp³-hybridized carbons (Fsp3) is 0.571. The third kappa shape index (κ3) is 4.74. The van der Waals surface area contributed by atoms with Crippen LogP contribution in [-0.4, -0.2) is 50.0 Å². The van der Waals surface area contributed by atoms with Gasteiger partial charge < -0.3 is 15.6 Å². The van der Waals surface area contributed by atoms with Crippen molar-refractivity contribution in [2.45, 2.75) is 12.5 Å². The fourth-order valence-electron chi connectivity index (χ4n) is 2.15. The van der Waals surface area contributed by atoms with Gasteiger partial charge in [0.15, 0.2) is 0 Å². The van der Waals surface area contributed by atoms with E-state index in [0.717, 1.165) is 13.0 Å². The molecule has 1 aromatic rings. The summed E-state index contributed by atoms with van der Waals surface area (Å²) in [5.74, 6) is 0. The highest BCUT2D eigenvalue weighted by molar-refractivity contribution is 5.19. The van der Waals surface area contributed by atoms with E-state index in [4.69, 9.17) is 10.5 Å². The molecule has 0 bridgehead atoms. The molecule has 0 heterocycles. The van der Waals surface area contributed by atoms with Gasteiger partial charge in [-0.2, -0.15) is 0 Å². The van der Waals surface area contributed by atoms with Gasteiger partial charge in [-0.3, -0.25) is 4.90 Å². The number of nitrogens with two attached hydrogens (primary N) is 1. The van der Waals surface area contributed by atoms with Crippen LogP contribution in [-0.2, 0) is 4.74 Å². The van der Waals surface area contributed by atoms with Crippen molar-refractivity contribution in [2.24, 2.45) is 5.73 Å². The third-order valence-corrected chi connectivity index (χ3v) is 3.04. The van der Waals surface area contributed by atoms with Crippen molar-refractivity contribution in [3.05, 3.63) is 35.9 Å². The molecule has 1 aromatic carbocycles. The summed E-state index contributed by atoms with van der Waals surface area (Å²) in [7, 11) is 1.69. The minimum atomic E-state index is 0.150. The number of aliphatic hydroxyl groups excluding tert-OH is 1. The molecule has 0 spiro atoms. The summed E-state index contributed by atoms with van der Waals surface area (Å²) in [6.07, 6.45) is 0.883. The molecule has 0 saturated carbocycles. The maximum absolute atomic E-state index is 9.19. The van der Waals surface area contributed by atoms with Gasteiger partial charge in [0, 0.05) is 26.2 Å². The van der Waals surface area contributed by atoms with Crippen molar-refractivity contribution in [1.29, 1.82) is 0 Å². The van der Waals surface area contributed by atoms with Crippen LogP contribution in [0.5, 0.6) is 0 Å². The Morgan fingerprint density at radius 1 is 1.28 bits per heavy atom. The Kier molecular flexibility index (Phi) is 7.60. The van der Waals surface area contributed by atoms with E-state index in [9.17, 15) is 5.11 Å². The second-order valence-electron chi connectivity index (χ2n) is 4.26. The Labute approximate surface area is 109 Å². The van der Waals surface area contributed by atoms with E-state index >= 15 is 0 Å². The minimum absolute atomic E-state index is 0.150. The molecule has 0 saturated heterocycles. The Bertz CT molecular complexity index is 306. The van der Waals surface area contributed by atoms with E-state index in [1.807, 2.05) is 18.2 Å². The van der Waals surface area contributed by atoms with Crippen molar-refractivity contribution in [3.8, 4) is 0 Å². The van der Waals surface area contributed by atoms with Gasteiger partial charge in [-0.05, 0) is 18.5 Å². The molecule has 4 heteroatoms. The second kappa shape index (κ2) is 9.05. The van der Waals surface area contributed by atoms with Crippen LogP contribution in [0.3, 0.4) is 0 Å². The molecule has 1 atom stereocenters. The van der Waals surface area contributed by atoms with Crippen molar-refractivity contribution >= 4 is 0 Å². The molecule has 0 aliphatic rings. The van der Waals surface area contributed by atoms with Gasteiger partial charge in [0.25, 0.3) is 0 Å². The molecular weight excluding hydrogens is 228 g/mol. The van der Waals surface area contributed by atoms with E-state index in [1.54, 1.807) is 7.11 Å². The lowest BCUT2D eigenvalue weighted by Crippen LogP contribution is -2.35. The summed E-state index contributed by atoms with van der Waals surface area (Å²) in [4.78, 5) is 2.23. The first kappa shape index (κ1) is 15.1. The maximum atomic E-state index is 9.19. The van der Waals surface area contributed by atoms with Gasteiger partial charge in [0.1, 0.15) is 0 Å². The number of benzene rings is 1. The zero-order chi connectivity index (χ0) is 13.2. The summed E-state index contributed by atoms with van der Waals surface area (Å²) >= 11 is 0. The first-order valence-corrected chi connectivity index (χ1v) is 6.42. The van der Waals surface area contributed by atoms with Gasteiger partial charge in [0.2, 0.25) is 0 Å². The molecule has 0 aromatic heterocycles. The maximum Gasteiger partial charge on any atom is 0.0589 e. The predicted molar refractivity (Wildman–Crippen MR) is 73.4 cm³/mol. The summed E-state index contributed by atoms with van der Waals surface area (Å²) in [6.45, 7) is 2.89. The van der Waals surface area contributed by atoms with E-state index < -0.39 is 0 Å². The summed E-state index contributed by atoms with van der Waals surface area (Å²) in [6, 6.07) is 10.5. The van der Waals surface area contributed by atoms with Crippen LogP contribution in [0.4, 0.5) is 0 Å². The molecule has 0 aliphatic heterocycles. The normalized spacial score (nSPS) is 12.9. The SMILES string of the molecule is COCCN(CCO)C(CCN)c1ccccc1. The zero-order valence-corrected chi connectivity index (χ0v) is 11.1. The average molecular weight is 252 g/mol. The lowest BCUT2D eigenvalue weighted by molar-refractivity contribution is 0.0981. The second-order valence-corrected chi connectivity index (χ2v) is 4.26. The first-order chi connectivity index (χ1) is 8.83. The molecular formula is C14H24N2O2. The highest BCUT2D eigenvalue weighted by atomic mass is 16.5. The number of ether oxygens (including phenoxy) is 1. The standard InChI is InChI=1S/C14H24N2O2/c1-18-12-10-16(9-11-17)14(7-8-15)13-5-3-2-4-6-13/h2-6,14,17H,7-12,15H2,1H3. The Balaban J connectivity index is 2.78. The van der Waals surface area contributed by atoms with Gasteiger partial charge in [-0.1, -0.05) is 30.3 Å². The van der Waals surface area contributed by atoms with Crippen LogP contribution in [0.2, 0.25) is 0 Å². The minimum Gasteiger partial charge on any atom is -0.395 e. The largest absolute Gasteiger partial charge is 0.395 e. The lowest BCUT2D eigenvalue weighted by atomic mass is 10.0. The number of hydrogen-bond acceptors (Lipinski definition) is 4. The number of rotatable bonds is 9. The quantitative estimate of drug-likeness (QED) is 0.689. The molecule has 18 heavy (non-hydrogen) atoms. The molecule has 0 aliphatic carbocycles. The number of methoxy groups -OCH3 is 1. The van der Waals surface area contributed by atoms with Crippen LogP contribution in [0.25, 0.3) is 0 Å². The molecule has 3 N–H and O–H groups in total. The number of nitrogens with zero attached hydrogens (tertiary/aromatic N) is 1. The number of aliphatic hydroxyl groups is 1. The highest BCUT2D eigenvalue weighted by Gasteiger charge is 2.18. The topological polar surface area (TPSA) is 58.7 Å². The van der Waals surface area contributed by atoms with Crippen LogP contribution < -0.4 is 5.73 Å². The lowest BCUT2D eigenvalue weighted by Gasteiger charge is -2.31. The monoisotopic (exact) mass is 252 g/mol. The van der Waals surface area contributed by atoms with E-state index in [1.165, 1.54) is 5.56 Å². The van der Waals surface area contributed by atoms with E-state index in [0.29, 0.717) is 19.7 Å². The molecule has 0 amide bonds. The van der Waals surface area contributed by atoms with Crippen LogP contribution in [0.1, 0.15) is 18.0 Å². The first-order valence-electron chi connectivity index (χ1n) is 6.42.